The molecule has 2 saturated carbocycles. The molecule has 2 aromatic rings. The maximum absolute atomic E-state index is 15.7. The number of rotatable bonds is 11. The Bertz CT molecular complexity index is 1430. The molecule has 1 aromatic heterocycles. The zero-order chi connectivity index (χ0) is 34.4. The molecule has 1 aliphatic heterocycles. The third kappa shape index (κ3) is 8.44. The van der Waals surface area contributed by atoms with Crippen LogP contribution < -0.4 is 16.0 Å². The molecule has 48 heavy (non-hydrogen) atoms. The Morgan fingerprint density at radius 1 is 0.896 bits per heavy atom. The van der Waals surface area contributed by atoms with E-state index in [4.69, 9.17) is 0 Å². The lowest BCUT2D eigenvalue weighted by atomic mass is 9.66. The van der Waals surface area contributed by atoms with Crippen LogP contribution in [0.3, 0.4) is 0 Å². The van der Waals surface area contributed by atoms with E-state index in [9.17, 15) is 19.2 Å². The Morgan fingerprint density at radius 3 is 2.12 bits per heavy atom. The van der Waals surface area contributed by atoms with Gasteiger partial charge in [-0.2, -0.15) is 5.10 Å². The predicted octanol–water partition coefficient (Wildman–Crippen LogP) is 5.96. The maximum atomic E-state index is 15.7. The fourth-order valence-electron chi connectivity index (χ4n) is 8.32. The highest BCUT2D eigenvalue weighted by Crippen LogP contribution is 2.42. The first-order chi connectivity index (χ1) is 23.0. The summed E-state index contributed by atoms with van der Waals surface area (Å²) in [6, 6.07) is 5.21. The molecule has 11 heteroatoms. The zero-order valence-corrected chi connectivity index (χ0v) is 29.0. The molecule has 262 valence electrons. The number of likely N-dealkylation sites (tertiary alicyclic amines) is 1. The number of nitrogens with zero attached hydrogens (tertiary/aromatic N) is 3. The van der Waals surface area contributed by atoms with Gasteiger partial charge in [-0.05, 0) is 68.7 Å². The Labute approximate surface area is 284 Å². The summed E-state index contributed by atoms with van der Waals surface area (Å²) in [6.45, 7) is 8.06. The van der Waals surface area contributed by atoms with Gasteiger partial charge in [-0.25, -0.2) is 4.39 Å². The van der Waals surface area contributed by atoms with Crippen LogP contribution in [0.15, 0.2) is 30.5 Å². The predicted molar refractivity (Wildman–Crippen MR) is 183 cm³/mol. The van der Waals surface area contributed by atoms with Crippen molar-refractivity contribution in [3.05, 3.63) is 47.5 Å². The number of anilines is 1. The molecule has 0 spiro atoms. The number of carbonyl (C=O) groups excluding carboxylic acids is 4. The van der Waals surface area contributed by atoms with Crippen molar-refractivity contribution in [1.29, 1.82) is 0 Å². The summed E-state index contributed by atoms with van der Waals surface area (Å²) in [7, 11) is 0. The number of aromatic nitrogens is 2. The van der Waals surface area contributed by atoms with E-state index >= 15 is 4.39 Å². The highest BCUT2D eigenvalue weighted by atomic mass is 19.1. The topological polar surface area (TPSA) is 125 Å². The number of amides is 4. The zero-order valence-electron chi connectivity index (χ0n) is 29.0. The standard InChI is InChI=1S/C37H53FN6O4/c1-23(2)44-32(17-19-39-44)35(46)42-34(33(26-11-7-5-8-12-26)27-13-9-6-10-14-27)36(47)41-31-16-15-28(21-30(31)38)24(3)37(48)43-20-18-29(22-43)40-25(4)45/h15-17,19,21,23-24,26-27,29,33-34H,5-14,18,20,22H2,1-4H3,(H,40,45)(H,41,47)(H,42,46). The number of nitrogens with one attached hydrogen (secondary N) is 3. The average molecular weight is 665 g/mol. The van der Waals surface area contributed by atoms with Gasteiger partial charge in [0, 0.05) is 38.3 Å². The van der Waals surface area contributed by atoms with Crippen LogP contribution in [0, 0.1) is 23.6 Å². The van der Waals surface area contributed by atoms with Gasteiger partial charge in [-0.1, -0.05) is 70.3 Å². The van der Waals surface area contributed by atoms with Crippen molar-refractivity contribution in [2.75, 3.05) is 18.4 Å². The van der Waals surface area contributed by atoms with Gasteiger partial charge < -0.3 is 20.9 Å². The number of carbonyl (C=O) groups is 4. The fourth-order valence-corrected chi connectivity index (χ4v) is 8.32. The van der Waals surface area contributed by atoms with Crippen molar-refractivity contribution >= 4 is 29.3 Å². The molecule has 2 aliphatic carbocycles. The molecule has 3 atom stereocenters. The normalized spacial score (nSPS) is 20.5. The lowest BCUT2D eigenvalue weighted by Gasteiger charge is -2.42. The van der Waals surface area contributed by atoms with Crippen LogP contribution in [0.4, 0.5) is 10.1 Å². The molecule has 0 bridgehead atoms. The molecule has 0 radical (unpaired) electrons. The van der Waals surface area contributed by atoms with Gasteiger partial charge in [0.25, 0.3) is 5.91 Å². The lowest BCUT2D eigenvalue weighted by Crippen LogP contribution is -2.53. The first-order valence-electron chi connectivity index (χ1n) is 18.0. The minimum atomic E-state index is -0.842. The van der Waals surface area contributed by atoms with E-state index in [0.29, 0.717) is 42.6 Å². The van der Waals surface area contributed by atoms with E-state index in [1.165, 1.54) is 31.9 Å². The molecule has 3 fully saturated rings. The minimum Gasteiger partial charge on any atom is -0.352 e. The van der Waals surface area contributed by atoms with Crippen LogP contribution in [0.25, 0.3) is 0 Å². The van der Waals surface area contributed by atoms with Crippen LogP contribution in [-0.2, 0) is 14.4 Å². The van der Waals surface area contributed by atoms with Gasteiger partial charge in [-0.3, -0.25) is 23.9 Å². The van der Waals surface area contributed by atoms with Crippen LogP contribution >= 0.6 is 0 Å². The van der Waals surface area contributed by atoms with Gasteiger partial charge >= 0.3 is 0 Å². The van der Waals surface area contributed by atoms with Crippen molar-refractivity contribution < 1.29 is 23.6 Å². The van der Waals surface area contributed by atoms with E-state index in [1.54, 1.807) is 34.8 Å². The first-order valence-corrected chi connectivity index (χ1v) is 18.0. The monoisotopic (exact) mass is 664 g/mol. The molecule has 1 aromatic carbocycles. The average Bonchev–Trinajstić information content (AvgIpc) is 3.76. The second-order valence-electron chi connectivity index (χ2n) is 14.5. The van der Waals surface area contributed by atoms with E-state index < -0.39 is 23.7 Å². The molecule has 3 N–H and O–H groups in total. The number of hydrogen-bond acceptors (Lipinski definition) is 5. The van der Waals surface area contributed by atoms with Crippen LogP contribution in [0.2, 0.25) is 0 Å². The molecule has 10 nitrogen and oxygen atoms in total. The van der Waals surface area contributed by atoms with Crippen molar-refractivity contribution in [1.82, 2.24) is 25.3 Å². The molecule has 3 aliphatic rings. The summed E-state index contributed by atoms with van der Waals surface area (Å²) in [5.41, 5.74) is 0.921. The van der Waals surface area contributed by atoms with Gasteiger partial charge in [0.1, 0.15) is 17.6 Å². The third-order valence-electron chi connectivity index (χ3n) is 10.8. The lowest BCUT2D eigenvalue weighted by molar-refractivity contribution is -0.131. The minimum absolute atomic E-state index is 0.0211. The molecule has 1 saturated heterocycles. The second kappa shape index (κ2) is 16.1. The highest BCUT2D eigenvalue weighted by Gasteiger charge is 2.42. The molecule has 5 rings (SSSR count). The van der Waals surface area contributed by atoms with E-state index in [0.717, 1.165) is 51.4 Å². The van der Waals surface area contributed by atoms with E-state index in [-0.39, 0.29) is 41.4 Å². The van der Waals surface area contributed by atoms with E-state index in [2.05, 4.69) is 21.0 Å². The van der Waals surface area contributed by atoms with Crippen LogP contribution in [-0.4, -0.2) is 63.5 Å². The summed E-state index contributed by atoms with van der Waals surface area (Å²) < 4.78 is 17.4. The molecule has 4 amide bonds. The number of benzene rings is 1. The Balaban J connectivity index is 1.37. The fraction of sp³-hybridized carbons (Fsp3) is 0.649. The Morgan fingerprint density at radius 2 is 1.54 bits per heavy atom. The second-order valence-corrected chi connectivity index (χ2v) is 14.5. The molecular weight excluding hydrogens is 611 g/mol. The quantitative estimate of drug-likeness (QED) is 0.274. The van der Waals surface area contributed by atoms with Crippen LogP contribution in [0.1, 0.15) is 126 Å². The van der Waals surface area contributed by atoms with E-state index in [1.807, 2.05) is 13.8 Å². The Hall–Kier alpha value is -3.76. The summed E-state index contributed by atoms with van der Waals surface area (Å²) >= 11 is 0. The van der Waals surface area contributed by atoms with Crippen molar-refractivity contribution in [2.24, 2.45) is 17.8 Å². The first kappa shape index (κ1) is 35.5. The largest absolute Gasteiger partial charge is 0.352 e. The SMILES string of the molecule is CC(=O)NC1CCN(C(=O)C(C)c2ccc(NC(=O)C(NC(=O)c3ccnn3C(C)C)C(C3CCCCC3)C3CCCCC3)c(F)c2)C1. The number of halogens is 1. The van der Waals surface area contributed by atoms with Crippen molar-refractivity contribution in [3.63, 3.8) is 0 Å². The van der Waals surface area contributed by atoms with Crippen LogP contribution in [0.5, 0.6) is 0 Å². The molecule has 2 heterocycles. The van der Waals surface area contributed by atoms with Gasteiger partial charge in [-0.15, -0.1) is 0 Å². The third-order valence-corrected chi connectivity index (χ3v) is 10.8. The van der Waals surface area contributed by atoms with Gasteiger partial charge in [0.15, 0.2) is 0 Å². The summed E-state index contributed by atoms with van der Waals surface area (Å²) in [6.07, 6.45) is 13.1. The van der Waals surface area contributed by atoms with Crippen molar-refractivity contribution in [2.45, 2.75) is 122 Å². The molecular formula is C37H53FN6O4. The van der Waals surface area contributed by atoms with Gasteiger partial charge in [0.2, 0.25) is 17.7 Å². The highest BCUT2D eigenvalue weighted by molar-refractivity contribution is 6.01. The van der Waals surface area contributed by atoms with Gasteiger partial charge in [0.05, 0.1) is 11.6 Å². The summed E-state index contributed by atoms with van der Waals surface area (Å²) in [5, 5.41) is 13.2. The summed E-state index contributed by atoms with van der Waals surface area (Å²) in [4.78, 5) is 54.5. The molecule has 3 unspecified atom stereocenters. The number of hydrogen-bond donors (Lipinski definition) is 3. The Kier molecular flexibility index (Phi) is 11.9. The summed E-state index contributed by atoms with van der Waals surface area (Å²) in [5.74, 6) is -1.74. The van der Waals surface area contributed by atoms with Crippen molar-refractivity contribution in [3.8, 4) is 0 Å². The smallest absolute Gasteiger partial charge is 0.270 e. The maximum Gasteiger partial charge on any atom is 0.270 e.